The lowest BCUT2D eigenvalue weighted by atomic mass is 10.2. The average molecular weight is 260 g/mol. The smallest absolute Gasteiger partial charge is 0.270 e. The summed E-state index contributed by atoms with van der Waals surface area (Å²) in [6, 6.07) is 6.31. The molecule has 0 saturated carbocycles. The lowest BCUT2D eigenvalue weighted by molar-refractivity contribution is -0.384. The number of rotatable bonds is 3. The Bertz CT molecular complexity index is 605. The van der Waals surface area contributed by atoms with Gasteiger partial charge in [0.1, 0.15) is 0 Å². The first-order valence-corrected chi connectivity index (χ1v) is 6.06. The minimum absolute atomic E-state index is 0.0165. The molecule has 2 heterocycles. The molecule has 1 aliphatic heterocycles. The number of nitrogens with zero attached hydrogens (tertiary/aromatic N) is 3. The molecule has 1 N–H and O–H groups in total. The van der Waals surface area contributed by atoms with Gasteiger partial charge >= 0.3 is 0 Å². The maximum atomic E-state index is 10.7. The predicted molar refractivity (Wildman–Crippen MR) is 66.4 cm³/mol. The van der Waals surface area contributed by atoms with Gasteiger partial charge in [0.15, 0.2) is 0 Å². The minimum Gasteiger partial charge on any atom is -0.337 e. The highest BCUT2D eigenvalue weighted by Gasteiger charge is 2.23. The van der Waals surface area contributed by atoms with E-state index in [9.17, 15) is 10.1 Å². The summed E-state index contributed by atoms with van der Waals surface area (Å²) in [7, 11) is 0. The standard InChI is InChI=1S/C12H12N4O3/c17-16(18)9-4-1-3-8(7-9)11-14-12(19-15-11)10-5-2-6-13-10/h1,3-4,7,10,13H,2,5-6H2. The third kappa shape index (κ3) is 2.32. The largest absolute Gasteiger partial charge is 0.337 e. The zero-order chi connectivity index (χ0) is 13.2. The number of nitro groups is 1. The second kappa shape index (κ2) is 4.77. The SMILES string of the molecule is O=[N+]([O-])c1cccc(-c2noc(C3CCCN3)n2)c1. The Kier molecular flexibility index (Phi) is 2.96. The molecule has 1 fully saturated rings. The molecule has 0 spiro atoms. The molecule has 1 atom stereocenters. The summed E-state index contributed by atoms with van der Waals surface area (Å²) >= 11 is 0. The Balaban J connectivity index is 1.89. The first kappa shape index (κ1) is 11.8. The molecule has 1 aromatic carbocycles. The van der Waals surface area contributed by atoms with Gasteiger partial charge in [-0.15, -0.1) is 0 Å². The lowest BCUT2D eigenvalue weighted by Gasteiger charge is -2.01. The van der Waals surface area contributed by atoms with E-state index in [0.717, 1.165) is 19.4 Å². The van der Waals surface area contributed by atoms with Crippen LogP contribution in [0.25, 0.3) is 11.4 Å². The number of nitro benzene ring substituents is 1. The second-order valence-corrected chi connectivity index (χ2v) is 4.41. The molecular weight excluding hydrogens is 248 g/mol. The van der Waals surface area contributed by atoms with Gasteiger partial charge in [0, 0.05) is 17.7 Å². The Morgan fingerprint density at radius 3 is 3.11 bits per heavy atom. The number of benzene rings is 1. The van der Waals surface area contributed by atoms with Crippen LogP contribution in [-0.2, 0) is 0 Å². The summed E-state index contributed by atoms with van der Waals surface area (Å²) < 4.78 is 5.21. The van der Waals surface area contributed by atoms with Gasteiger partial charge in [-0.25, -0.2) is 0 Å². The Labute approximate surface area is 108 Å². The molecule has 7 nitrogen and oxygen atoms in total. The molecule has 0 bridgehead atoms. The van der Waals surface area contributed by atoms with Gasteiger partial charge in [-0.05, 0) is 19.4 Å². The van der Waals surface area contributed by atoms with E-state index < -0.39 is 4.92 Å². The van der Waals surface area contributed by atoms with Crippen LogP contribution in [0.4, 0.5) is 5.69 Å². The van der Waals surface area contributed by atoms with Gasteiger partial charge in [0.2, 0.25) is 11.7 Å². The summed E-state index contributed by atoms with van der Waals surface area (Å²) in [6.07, 6.45) is 2.05. The van der Waals surface area contributed by atoms with Crippen LogP contribution in [0, 0.1) is 10.1 Å². The van der Waals surface area contributed by atoms with E-state index in [1.165, 1.54) is 12.1 Å². The maximum Gasteiger partial charge on any atom is 0.270 e. The van der Waals surface area contributed by atoms with Crippen LogP contribution >= 0.6 is 0 Å². The first-order valence-electron chi connectivity index (χ1n) is 6.06. The zero-order valence-electron chi connectivity index (χ0n) is 10.1. The molecule has 1 aromatic heterocycles. The van der Waals surface area contributed by atoms with E-state index in [-0.39, 0.29) is 11.7 Å². The highest BCUT2D eigenvalue weighted by atomic mass is 16.6. The molecule has 98 valence electrons. The van der Waals surface area contributed by atoms with Gasteiger partial charge in [-0.2, -0.15) is 4.98 Å². The van der Waals surface area contributed by atoms with E-state index in [0.29, 0.717) is 17.3 Å². The van der Waals surface area contributed by atoms with Crippen molar-refractivity contribution >= 4 is 5.69 Å². The first-order chi connectivity index (χ1) is 9.24. The fourth-order valence-corrected chi connectivity index (χ4v) is 2.15. The van der Waals surface area contributed by atoms with Crippen molar-refractivity contribution in [2.45, 2.75) is 18.9 Å². The summed E-state index contributed by atoms with van der Waals surface area (Å²) in [5, 5.41) is 17.9. The summed E-state index contributed by atoms with van der Waals surface area (Å²) in [5.41, 5.74) is 0.602. The van der Waals surface area contributed by atoms with Crippen LogP contribution in [0.15, 0.2) is 28.8 Å². The zero-order valence-corrected chi connectivity index (χ0v) is 10.1. The van der Waals surface area contributed by atoms with Crippen LogP contribution < -0.4 is 5.32 Å². The molecule has 0 aliphatic carbocycles. The van der Waals surface area contributed by atoms with Crippen LogP contribution in [0.2, 0.25) is 0 Å². The van der Waals surface area contributed by atoms with Crippen LogP contribution in [0.1, 0.15) is 24.8 Å². The molecule has 1 saturated heterocycles. The second-order valence-electron chi connectivity index (χ2n) is 4.41. The third-order valence-electron chi connectivity index (χ3n) is 3.12. The van der Waals surface area contributed by atoms with Crippen molar-refractivity contribution in [1.29, 1.82) is 0 Å². The van der Waals surface area contributed by atoms with E-state index in [2.05, 4.69) is 15.5 Å². The fraction of sp³-hybridized carbons (Fsp3) is 0.333. The molecule has 0 radical (unpaired) electrons. The fourth-order valence-electron chi connectivity index (χ4n) is 2.15. The average Bonchev–Trinajstić information content (AvgIpc) is 3.09. The van der Waals surface area contributed by atoms with E-state index in [4.69, 9.17) is 4.52 Å². The highest BCUT2D eigenvalue weighted by molar-refractivity contribution is 5.58. The van der Waals surface area contributed by atoms with Crippen LogP contribution in [-0.4, -0.2) is 21.6 Å². The normalized spacial score (nSPS) is 18.6. The summed E-state index contributed by atoms with van der Waals surface area (Å²) in [5.74, 6) is 0.923. The Hall–Kier alpha value is -2.28. The maximum absolute atomic E-state index is 10.7. The number of hydrogen-bond donors (Lipinski definition) is 1. The number of aromatic nitrogens is 2. The van der Waals surface area contributed by atoms with Gasteiger partial charge in [0.25, 0.3) is 5.69 Å². The highest BCUT2D eigenvalue weighted by Crippen LogP contribution is 2.25. The van der Waals surface area contributed by atoms with Gasteiger partial charge in [-0.1, -0.05) is 17.3 Å². The Morgan fingerprint density at radius 1 is 1.47 bits per heavy atom. The van der Waals surface area contributed by atoms with Gasteiger partial charge in [0.05, 0.1) is 11.0 Å². The summed E-state index contributed by atoms with van der Waals surface area (Å²) in [4.78, 5) is 14.6. The van der Waals surface area contributed by atoms with Crippen molar-refractivity contribution in [3.63, 3.8) is 0 Å². The molecule has 0 amide bonds. The quantitative estimate of drug-likeness (QED) is 0.670. The van der Waals surface area contributed by atoms with Crippen molar-refractivity contribution in [2.24, 2.45) is 0 Å². The molecule has 1 aliphatic rings. The van der Waals surface area contributed by atoms with Crippen molar-refractivity contribution < 1.29 is 9.45 Å². The predicted octanol–water partition coefficient (Wildman–Crippen LogP) is 2.07. The van der Waals surface area contributed by atoms with E-state index in [1.807, 2.05) is 0 Å². The molecule has 2 aromatic rings. The topological polar surface area (TPSA) is 94.1 Å². The number of nitrogens with one attached hydrogen (secondary N) is 1. The lowest BCUT2D eigenvalue weighted by Crippen LogP contribution is -2.12. The molecule has 7 heteroatoms. The van der Waals surface area contributed by atoms with Crippen molar-refractivity contribution in [1.82, 2.24) is 15.5 Å². The molecule has 19 heavy (non-hydrogen) atoms. The Morgan fingerprint density at radius 2 is 2.37 bits per heavy atom. The van der Waals surface area contributed by atoms with Crippen molar-refractivity contribution in [3.05, 3.63) is 40.3 Å². The monoisotopic (exact) mass is 260 g/mol. The molecule has 1 unspecified atom stereocenters. The third-order valence-corrected chi connectivity index (χ3v) is 3.12. The van der Waals surface area contributed by atoms with Crippen molar-refractivity contribution in [2.75, 3.05) is 6.54 Å². The van der Waals surface area contributed by atoms with Crippen LogP contribution in [0.3, 0.4) is 0 Å². The molecular formula is C12H12N4O3. The molecule has 3 rings (SSSR count). The van der Waals surface area contributed by atoms with Crippen LogP contribution in [0.5, 0.6) is 0 Å². The number of hydrogen-bond acceptors (Lipinski definition) is 6. The van der Waals surface area contributed by atoms with Gasteiger partial charge < -0.3 is 9.84 Å². The summed E-state index contributed by atoms with van der Waals surface area (Å²) in [6.45, 7) is 0.944. The number of non-ortho nitro benzene ring substituents is 1. The van der Waals surface area contributed by atoms with Crippen molar-refractivity contribution in [3.8, 4) is 11.4 Å². The van der Waals surface area contributed by atoms with E-state index in [1.54, 1.807) is 12.1 Å². The minimum atomic E-state index is -0.441. The van der Waals surface area contributed by atoms with Gasteiger partial charge in [-0.3, -0.25) is 10.1 Å². The van der Waals surface area contributed by atoms with E-state index >= 15 is 0 Å².